The van der Waals surface area contributed by atoms with Gasteiger partial charge in [0.05, 0.1) is 11.2 Å². The van der Waals surface area contributed by atoms with E-state index in [2.05, 4.69) is 4.74 Å². The van der Waals surface area contributed by atoms with Crippen molar-refractivity contribution < 1.29 is 22.8 Å². The molecule has 6 heteroatoms. The molecule has 104 valence electrons. The van der Waals surface area contributed by atoms with E-state index in [-0.39, 0.29) is 5.75 Å². The second-order valence-electron chi connectivity index (χ2n) is 5.53. The van der Waals surface area contributed by atoms with Crippen LogP contribution in [-0.4, -0.2) is 25.2 Å². The van der Waals surface area contributed by atoms with Crippen LogP contribution in [0.3, 0.4) is 0 Å². The Morgan fingerprint density at radius 2 is 1.74 bits per heavy atom. The average Bonchev–Trinajstić information content (AvgIpc) is 2.51. The van der Waals surface area contributed by atoms with E-state index in [0.29, 0.717) is 5.46 Å². The quantitative estimate of drug-likeness (QED) is 0.789. The van der Waals surface area contributed by atoms with Crippen molar-refractivity contribution in [3.63, 3.8) is 0 Å². The first-order valence-corrected chi connectivity index (χ1v) is 6.11. The fourth-order valence-corrected chi connectivity index (χ4v) is 1.82. The summed E-state index contributed by atoms with van der Waals surface area (Å²) in [5.74, 6) is -0.757. The molecule has 3 nitrogen and oxygen atoms in total. The summed E-state index contributed by atoms with van der Waals surface area (Å²) >= 11 is 0. The minimum atomic E-state index is -1.06. The predicted octanol–water partition coefficient (Wildman–Crippen LogP) is 2.43. The highest BCUT2D eigenvalue weighted by atomic mass is 19.1. The van der Waals surface area contributed by atoms with Crippen molar-refractivity contribution in [3.05, 3.63) is 24.0 Å². The van der Waals surface area contributed by atoms with Gasteiger partial charge in [0.15, 0.2) is 11.6 Å². The molecule has 0 atom stereocenters. The normalized spacial score (nSPS) is 20.6. The van der Waals surface area contributed by atoms with E-state index in [0.717, 1.165) is 0 Å². The molecule has 0 saturated carbocycles. The number of halogens is 2. The zero-order valence-electron chi connectivity index (χ0n) is 11.5. The van der Waals surface area contributed by atoms with E-state index in [9.17, 15) is 8.78 Å². The number of benzene rings is 1. The minimum Gasteiger partial charge on any atom is -0.460 e. The summed E-state index contributed by atoms with van der Waals surface area (Å²) in [5.41, 5.74) is -0.424. The van der Waals surface area contributed by atoms with Crippen LogP contribution in [0.25, 0.3) is 0 Å². The number of rotatable bonds is 3. The molecule has 0 radical (unpaired) electrons. The van der Waals surface area contributed by atoms with Crippen molar-refractivity contribution in [2.75, 3.05) is 6.86 Å². The molecule has 1 fully saturated rings. The van der Waals surface area contributed by atoms with Gasteiger partial charge in [0, 0.05) is 0 Å². The lowest BCUT2D eigenvalue weighted by molar-refractivity contribution is 0.00578. The van der Waals surface area contributed by atoms with E-state index >= 15 is 0 Å². The van der Waals surface area contributed by atoms with Crippen LogP contribution >= 0.6 is 0 Å². The fraction of sp³-hybridized carbons (Fsp3) is 0.538. The molecule has 1 saturated heterocycles. The Morgan fingerprint density at radius 3 is 2.21 bits per heavy atom. The molecule has 1 aliphatic rings. The van der Waals surface area contributed by atoms with Crippen LogP contribution in [0.4, 0.5) is 8.78 Å². The smallest absolute Gasteiger partial charge is 0.460 e. The lowest BCUT2D eigenvalue weighted by Gasteiger charge is -2.32. The second kappa shape index (κ2) is 4.76. The number of ether oxygens (including phenoxy) is 1. The second-order valence-corrected chi connectivity index (χ2v) is 5.53. The van der Waals surface area contributed by atoms with Crippen molar-refractivity contribution in [1.29, 1.82) is 0 Å². The maximum absolute atomic E-state index is 13.7. The van der Waals surface area contributed by atoms with Gasteiger partial charge in [0.1, 0.15) is 0 Å². The largest absolute Gasteiger partial charge is 0.494 e. The van der Waals surface area contributed by atoms with Gasteiger partial charge in [0.2, 0.25) is 6.86 Å². The minimum absolute atomic E-state index is 0.122. The standard InChI is InChI=1S/C13H17BF2O3/c1-12(2)13(3,4)19-14(18-12)9-5-6-11(17-8-15)10(16)7-9/h5-7H,8H2,1-4H3. The summed E-state index contributed by atoms with van der Waals surface area (Å²) in [7, 11) is -0.640. The number of hydrogen-bond donors (Lipinski definition) is 0. The highest BCUT2D eigenvalue weighted by Gasteiger charge is 2.51. The lowest BCUT2D eigenvalue weighted by atomic mass is 9.79. The first kappa shape index (κ1) is 14.3. The Bertz CT molecular complexity index is 461. The molecule has 0 unspecified atom stereocenters. The highest BCUT2D eigenvalue weighted by molar-refractivity contribution is 6.62. The van der Waals surface area contributed by atoms with Gasteiger partial charge in [-0.1, -0.05) is 6.07 Å². The van der Waals surface area contributed by atoms with Crippen LogP contribution in [0.5, 0.6) is 5.75 Å². The highest BCUT2D eigenvalue weighted by Crippen LogP contribution is 2.36. The Balaban J connectivity index is 2.23. The van der Waals surface area contributed by atoms with Gasteiger partial charge in [-0.25, -0.2) is 8.78 Å². The van der Waals surface area contributed by atoms with Crippen LogP contribution in [0.2, 0.25) is 0 Å². The molecule has 0 bridgehead atoms. The Kier molecular flexibility index (Phi) is 3.58. The molecule has 0 N–H and O–H groups in total. The van der Waals surface area contributed by atoms with E-state index in [1.165, 1.54) is 12.1 Å². The first-order valence-electron chi connectivity index (χ1n) is 6.11. The molecule has 1 heterocycles. The van der Waals surface area contributed by atoms with Gasteiger partial charge in [-0.15, -0.1) is 0 Å². The van der Waals surface area contributed by atoms with Crippen LogP contribution in [0.1, 0.15) is 27.7 Å². The third kappa shape index (κ3) is 2.60. The van der Waals surface area contributed by atoms with Gasteiger partial charge in [0.25, 0.3) is 0 Å². The maximum Gasteiger partial charge on any atom is 0.494 e. The molecule has 19 heavy (non-hydrogen) atoms. The zero-order valence-corrected chi connectivity index (χ0v) is 11.5. The van der Waals surface area contributed by atoms with E-state index in [1.54, 1.807) is 6.07 Å². The van der Waals surface area contributed by atoms with Crippen LogP contribution < -0.4 is 10.2 Å². The molecule has 1 aromatic carbocycles. The molecule has 0 amide bonds. The molecule has 1 aromatic rings. The van der Waals surface area contributed by atoms with E-state index < -0.39 is 31.0 Å². The summed E-state index contributed by atoms with van der Waals surface area (Å²) in [6, 6.07) is 4.22. The summed E-state index contributed by atoms with van der Waals surface area (Å²) in [6.45, 7) is 6.62. The van der Waals surface area contributed by atoms with Gasteiger partial charge in [-0.3, -0.25) is 0 Å². The molecule has 2 rings (SSSR count). The zero-order chi connectivity index (χ0) is 14.3. The monoisotopic (exact) mass is 270 g/mol. The Morgan fingerprint density at radius 1 is 1.16 bits per heavy atom. The summed E-state index contributed by atoms with van der Waals surface area (Å²) in [5, 5.41) is 0. The van der Waals surface area contributed by atoms with Gasteiger partial charge in [-0.05, 0) is 45.3 Å². The number of hydrogen-bond acceptors (Lipinski definition) is 3. The lowest BCUT2D eigenvalue weighted by Crippen LogP contribution is -2.41. The van der Waals surface area contributed by atoms with E-state index in [1.807, 2.05) is 27.7 Å². The fourth-order valence-electron chi connectivity index (χ4n) is 1.82. The Labute approximate surface area is 112 Å². The summed E-state index contributed by atoms with van der Waals surface area (Å²) in [4.78, 5) is 0. The average molecular weight is 270 g/mol. The first-order chi connectivity index (χ1) is 8.77. The van der Waals surface area contributed by atoms with Gasteiger partial charge in [-0.2, -0.15) is 0 Å². The molecule has 0 spiro atoms. The van der Waals surface area contributed by atoms with Gasteiger partial charge < -0.3 is 14.0 Å². The van der Waals surface area contributed by atoms with Crippen molar-refractivity contribution in [2.24, 2.45) is 0 Å². The summed E-state index contributed by atoms with van der Waals surface area (Å²) < 4.78 is 41.8. The third-order valence-electron chi connectivity index (χ3n) is 3.69. The molecular formula is C13H17BF2O3. The van der Waals surface area contributed by atoms with Crippen LogP contribution in [0.15, 0.2) is 18.2 Å². The topological polar surface area (TPSA) is 27.7 Å². The maximum atomic E-state index is 13.7. The van der Waals surface area contributed by atoms with Crippen LogP contribution in [-0.2, 0) is 9.31 Å². The van der Waals surface area contributed by atoms with Crippen molar-refractivity contribution in [1.82, 2.24) is 0 Å². The van der Waals surface area contributed by atoms with Crippen molar-refractivity contribution in [3.8, 4) is 5.75 Å². The molecule has 0 aliphatic carbocycles. The molecule has 1 aliphatic heterocycles. The molecule has 0 aromatic heterocycles. The third-order valence-corrected chi connectivity index (χ3v) is 3.69. The Hall–Kier alpha value is -1.14. The van der Waals surface area contributed by atoms with E-state index in [4.69, 9.17) is 9.31 Å². The van der Waals surface area contributed by atoms with Crippen LogP contribution in [0, 0.1) is 5.82 Å². The predicted molar refractivity (Wildman–Crippen MR) is 68.7 cm³/mol. The molecular weight excluding hydrogens is 253 g/mol. The SMILES string of the molecule is CC1(C)OB(c2ccc(OCF)c(F)c2)OC1(C)C. The summed E-state index contributed by atoms with van der Waals surface area (Å²) in [6.07, 6.45) is 0. The van der Waals surface area contributed by atoms with Crippen molar-refractivity contribution in [2.45, 2.75) is 38.9 Å². The van der Waals surface area contributed by atoms with Gasteiger partial charge >= 0.3 is 7.12 Å². The van der Waals surface area contributed by atoms with Crippen molar-refractivity contribution >= 4 is 12.6 Å². The number of alkyl halides is 1.